The zero-order valence-corrected chi connectivity index (χ0v) is 17.4. The van der Waals surface area contributed by atoms with Gasteiger partial charge in [-0.15, -0.1) is 11.8 Å². The van der Waals surface area contributed by atoms with Gasteiger partial charge in [0, 0.05) is 13.2 Å². The van der Waals surface area contributed by atoms with Crippen LogP contribution in [0.2, 0.25) is 0 Å². The van der Waals surface area contributed by atoms with Gasteiger partial charge < -0.3 is 14.8 Å². The van der Waals surface area contributed by atoms with E-state index in [1.807, 2.05) is 6.33 Å². The topological polar surface area (TPSA) is 47.3 Å². The lowest BCUT2D eigenvalue weighted by Gasteiger charge is -2.37. The molecule has 2 rings (SSSR count). The summed E-state index contributed by atoms with van der Waals surface area (Å²) in [6.07, 6.45) is 8.88. The number of anilines is 1. The highest BCUT2D eigenvalue weighted by atomic mass is 32.2. The predicted octanol–water partition coefficient (Wildman–Crippen LogP) is 3.86. The smallest absolute Gasteiger partial charge is 0.290 e. The second kappa shape index (κ2) is 9.08. The summed E-state index contributed by atoms with van der Waals surface area (Å²) in [6.45, 7) is 7.58. The van der Waals surface area contributed by atoms with Crippen LogP contribution in [0.3, 0.4) is 0 Å². The number of ether oxygens (including phenoxy) is 2. The number of nitrogens with one attached hydrogen (secondary N) is 1. The van der Waals surface area contributed by atoms with Gasteiger partial charge in [-0.1, -0.05) is 20.8 Å². The number of aromatic nitrogens is 2. The third kappa shape index (κ3) is 5.23. The van der Waals surface area contributed by atoms with Crippen LogP contribution in [0.25, 0.3) is 0 Å². The first-order chi connectivity index (χ1) is 11.9. The first-order valence-electron chi connectivity index (χ1n) is 9.10. The molecule has 142 valence electrons. The zero-order valence-electron chi connectivity index (χ0n) is 16.6. The van der Waals surface area contributed by atoms with E-state index in [4.69, 9.17) is 9.47 Å². The molecule has 0 aliphatic heterocycles. The number of thioether (sulfide) groups is 1. The van der Waals surface area contributed by atoms with E-state index in [0.717, 1.165) is 29.1 Å². The van der Waals surface area contributed by atoms with E-state index in [1.54, 1.807) is 26.0 Å². The van der Waals surface area contributed by atoms with Gasteiger partial charge >= 0.3 is 0 Å². The molecular weight excluding hydrogens is 334 g/mol. The van der Waals surface area contributed by atoms with Crippen LogP contribution >= 0.6 is 11.8 Å². The third-order valence-corrected chi connectivity index (χ3v) is 5.73. The molecule has 0 unspecified atom stereocenters. The Kier molecular flexibility index (Phi) is 7.37. The number of hydrogen-bond donors (Lipinski definition) is 1. The Balaban J connectivity index is 2.13. The van der Waals surface area contributed by atoms with Crippen molar-refractivity contribution in [3.05, 3.63) is 12.0 Å². The molecule has 0 amide bonds. The molecule has 1 fully saturated rings. The van der Waals surface area contributed by atoms with Crippen LogP contribution in [0.15, 0.2) is 6.33 Å². The molecule has 0 radical (unpaired) electrons. The molecule has 6 heteroatoms. The van der Waals surface area contributed by atoms with Crippen molar-refractivity contribution in [2.24, 2.45) is 11.3 Å². The lowest BCUT2D eigenvalue weighted by molar-refractivity contribution is -0.688. The van der Waals surface area contributed by atoms with Gasteiger partial charge in [0.05, 0.1) is 7.11 Å². The minimum Gasteiger partial charge on any atom is -0.488 e. The first kappa shape index (κ1) is 20.3. The largest absolute Gasteiger partial charge is 0.488 e. The van der Waals surface area contributed by atoms with Crippen LogP contribution in [-0.2, 0) is 17.2 Å². The number of rotatable bonds is 7. The summed E-state index contributed by atoms with van der Waals surface area (Å²) in [5.74, 6) is 3.28. The second-order valence-electron chi connectivity index (χ2n) is 7.95. The lowest BCUT2D eigenvalue weighted by Crippen LogP contribution is -2.39. The maximum absolute atomic E-state index is 5.70. The molecule has 1 heterocycles. The van der Waals surface area contributed by atoms with Crippen LogP contribution in [0, 0.1) is 11.3 Å². The van der Waals surface area contributed by atoms with Crippen molar-refractivity contribution in [2.45, 2.75) is 65.0 Å². The molecule has 0 atom stereocenters. The molecule has 5 nitrogen and oxygen atoms in total. The van der Waals surface area contributed by atoms with Crippen molar-refractivity contribution in [3.8, 4) is 5.75 Å². The molecule has 1 saturated carbocycles. The standard InChI is InChI=1S/C19H33N3O2S/c1-19(2,3)14-7-9-15(10-8-14)21-18-17(24-5)16(11-23-4)22(12-20-18)13-25-6/h12,14-15H,7-11,13H2,1-6H3/p+1. The van der Waals surface area contributed by atoms with Gasteiger partial charge in [-0.3, -0.25) is 0 Å². The van der Waals surface area contributed by atoms with Crippen molar-refractivity contribution in [2.75, 3.05) is 25.8 Å². The average molecular weight is 369 g/mol. The van der Waals surface area contributed by atoms with Gasteiger partial charge in [-0.2, -0.15) is 0 Å². The van der Waals surface area contributed by atoms with E-state index in [-0.39, 0.29) is 0 Å². The van der Waals surface area contributed by atoms with Crippen LogP contribution in [0.5, 0.6) is 5.75 Å². The van der Waals surface area contributed by atoms with Gasteiger partial charge in [-0.25, -0.2) is 4.57 Å². The van der Waals surface area contributed by atoms with E-state index in [2.05, 4.69) is 41.9 Å². The SMILES string of the molecule is COCc1c(OC)c(NC2CCC(C(C)(C)C)CC2)nc[n+]1CSC. The van der Waals surface area contributed by atoms with Crippen molar-refractivity contribution >= 4 is 17.6 Å². The van der Waals surface area contributed by atoms with E-state index < -0.39 is 0 Å². The van der Waals surface area contributed by atoms with Crippen LogP contribution < -0.4 is 14.6 Å². The molecule has 0 aromatic carbocycles. The fourth-order valence-corrected chi connectivity index (χ4v) is 4.17. The third-order valence-electron chi connectivity index (χ3n) is 5.20. The highest BCUT2D eigenvalue weighted by molar-refractivity contribution is 7.97. The van der Waals surface area contributed by atoms with Crippen molar-refractivity contribution < 1.29 is 14.0 Å². The summed E-state index contributed by atoms with van der Waals surface area (Å²) in [7, 11) is 3.42. The van der Waals surface area contributed by atoms with Gasteiger partial charge in [0.2, 0.25) is 5.75 Å². The quantitative estimate of drug-likeness (QED) is 0.741. The van der Waals surface area contributed by atoms with Crippen molar-refractivity contribution in [3.63, 3.8) is 0 Å². The molecule has 1 aliphatic rings. The maximum Gasteiger partial charge on any atom is 0.290 e. The normalized spacial score (nSPS) is 21.2. The van der Waals surface area contributed by atoms with Crippen LogP contribution in [-0.4, -0.2) is 31.5 Å². The van der Waals surface area contributed by atoms with Gasteiger partial charge in [0.15, 0.2) is 5.69 Å². The molecular formula is C19H34N3O2S+. The Morgan fingerprint density at radius 3 is 2.44 bits per heavy atom. The Morgan fingerprint density at radius 2 is 1.92 bits per heavy atom. The Labute approximate surface area is 156 Å². The average Bonchev–Trinajstić information content (AvgIpc) is 2.57. The molecule has 1 aromatic heterocycles. The van der Waals surface area contributed by atoms with E-state index in [9.17, 15) is 0 Å². The maximum atomic E-state index is 5.70. The van der Waals surface area contributed by atoms with E-state index in [0.29, 0.717) is 18.1 Å². The zero-order chi connectivity index (χ0) is 18.4. The summed E-state index contributed by atoms with van der Waals surface area (Å²) >= 11 is 1.75. The Bertz CT molecular complexity index is 552. The van der Waals surface area contributed by atoms with Crippen LogP contribution in [0.4, 0.5) is 5.82 Å². The first-order valence-corrected chi connectivity index (χ1v) is 10.5. The summed E-state index contributed by atoms with van der Waals surface area (Å²) < 4.78 is 13.2. The summed E-state index contributed by atoms with van der Waals surface area (Å²) in [6, 6.07) is 0.465. The summed E-state index contributed by atoms with van der Waals surface area (Å²) in [5.41, 5.74) is 1.43. The Morgan fingerprint density at radius 1 is 1.24 bits per heavy atom. The molecule has 0 saturated heterocycles. The highest BCUT2D eigenvalue weighted by Crippen LogP contribution is 2.39. The molecule has 1 aliphatic carbocycles. The molecule has 0 bridgehead atoms. The molecule has 25 heavy (non-hydrogen) atoms. The minimum atomic E-state index is 0.405. The minimum absolute atomic E-state index is 0.405. The highest BCUT2D eigenvalue weighted by Gasteiger charge is 2.31. The fourth-order valence-electron chi connectivity index (χ4n) is 3.67. The molecule has 0 spiro atoms. The predicted molar refractivity (Wildman–Crippen MR) is 104 cm³/mol. The molecule has 1 N–H and O–H groups in total. The van der Waals surface area contributed by atoms with Gasteiger partial charge in [0.1, 0.15) is 12.5 Å². The summed E-state index contributed by atoms with van der Waals surface area (Å²) in [5, 5.41) is 3.63. The monoisotopic (exact) mass is 368 g/mol. The number of hydrogen-bond acceptors (Lipinski definition) is 5. The Hall–Kier alpha value is -1.01. The number of nitrogens with zero attached hydrogens (tertiary/aromatic N) is 2. The number of methoxy groups -OCH3 is 2. The van der Waals surface area contributed by atoms with Crippen molar-refractivity contribution in [1.82, 2.24) is 4.98 Å². The van der Waals surface area contributed by atoms with Gasteiger partial charge in [0.25, 0.3) is 12.1 Å². The lowest BCUT2D eigenvalue weighted by atomic mass is 9.71. The van der Waals surface area contributed by atoms with E-state index in [1.165, 1.54) is 25.7 Å². The fraction of sp³-hybridized carbons (Fsp3) is 0.789. The molecule has 1 aromatic rings. The summed E-state index contributed by atoms with van der Waals surface area (Å²) in [4.78, 5) is 4.63. The van der Waals surface area contributed by atoms with Crippen LogP contribution in [0.1, 0.15) is 52.1 Å². The van der Waals surface area contributed by atoms with Gasteiger partial charge in [-0.05, 0) is 48.3 Å². The van der Waals surface area contributed by atoms with Crippen molar-refractivity contribution in [1.29, 1.82) is 0 Å². The van der Waals surface area contributed by atoms with E-state index >= 15 is 0 Å². The second-order valence-corrected chi connectivity index (χ2v) is 8.79.